The monoisotopic (exact) mass is 537 g/mol. The number of hydrogen-bond acceptors (Lipinski definition) is 3. The number of rotatable bonds is 6. The molecule has 4 rings (SSSR count). The van der Waals surface area contributed by atoms with Crippen LogP contribution in [0.3, 0.4) is 0 Å². The molecule has 3 N–H and O–H groups in total. The van der Waals surface area contributed by atoms with Gasteiger partial charge in [0.1, 0.15) is 21.8 Å². The number of carbonyl (C=O) groups is 3. The standard InChI is InChI=1S/C21H14Cl3F4N3O3/c22-12-2-1-8(29-18(33)10-6-20(10,23)24)5-9(12)17(32)30-14-4-3-13(25)16(15(14)26)31-19(34)11-7-21(11,27)28/h1-5,10-11H,6-7H2,(H,29,33)(H,30,32)(H,31,34). The van der Waals surface area contributed by atoms with Crippen LogP contribution >= 0.6 is 34.8 Å². The molecule has 2 fully saturated rings. The smallest absolute Gasteiger partial charge is 0.260 e. The van der Waals surface area contributed by atoms with E-state index in [-0.39, 0.29) is 22.7 Å². The highest BCUT2D eigenvalue weighted by atomic mass is 35.5. The molecule has 2 unspecified atom stereocenters. The Kier molecular flexibility index (Phi) is 6.20. The highest BCUT2D eigenvalue weighted by Gasteiger charge is 2.61. The van der Waals surface area contributed by atoms with E-state index in [0.29, 0.717) is 0 Å². The summed E-state index contributed by atoms with van der Waals surface area (Å²) in [6, 6.07) is 5.59. The SMILES string of the molecule is O=C(Nc1ccc(F)c(NC(=O)C2CC2(F)F)c1F)c1cc(NC(=O)C2CC2(Cl)Cl)ccc1Cl. The number of nitrogens with one attached hydrogen (secondary N) is 3. The van der Waals surface area contributed by atoms with Crippen molar-refractivity contribution in [2.75, 3.05) is 16.0 Å². The number of hydrogen-bond donors (Lipinski definition) is 3. The van der Waals surface area contributed by atoms with Gasteiger partial charge >= 0.3 is 0 Å². The summed E-state index contributed by atoms with van der Waals surface area (Å²) in [5.41, 5.74) is -1.49. The molecule has 0 bridgehead atoms. The Bertz CT molecular complexity index is 1230. The molecule has 0 aliphatic heterocycles. The van der Waals surface area contributed by atoms with Crippen molar-refractivity contribution in [3.8, 4) is 0 Å². The molecule has 0 radical (unpaired) electrons. The van der Waals surface area contributed by atoms with Crippen LogP contribution in [-0.2, 0) is 9.59 Å². The third-order valence-electron chi connectivity index (χ3n) is 5.35. The molecule has 0 heterocycles. The predicted octanol–water partition coefficient (Wildman–Crippen LogP) is 5.60. The topological polar surface area (TPSA) is 87.3 Å². The molecule has 2 aromatic carbocycles. The molecule has 180 valence electrons. The van der Waals surface area contributed by atoms with Crippen LogP contribution < -0.4 is 16.0 Å². The van der Waals surface area contributed by atoms with E-state index in [1.807, 2.05) is 0 Å². The lowest BCUT2D eigenvalue weighted by Crippen LogP contribution is -2.20. The number of benzene rings is 2. The van der Waals surface area contributed by atoms with E-state index in [0.717, 1.165) is 12.1 Å². The lowest BCUT2D eigenvalue weighted by molar-refractivity contribution is -0.119. The number of alkyl halides is 4. The van der Waals surface area contributed by atoms with E-state index >= 15 is 0 Å². The summed E-state index contributed by atoms with van der Waals surface area (Å²) in [5.74, 6) is -10.8. The largest absolute Gasteiger partial charge is 0.326 e. The first-order valence-corrected chi connectivity index (χ1v) is 10.9. The number of halogens is 7. The zero-order valence-electron chi connectivity index (χ0n) is 16.8. The fourth-order valence-electron chi connectivity index (χ4n) is 3.17. The molecule has 13 heteroatoms. The van der Waals surface area contributed by atoms with E-state index in [1.54, 1.807) is 5.32 Å². The molecule has 2 aliphatic carbocycles. The van der Waals surface area contributed by atoms with Crippen LogP contribution in [0.4, 0.5) is 34.6 Å². The van der Waals surface area contributed by atoms with E-state index in [1.165, 1.54) is 18.2 Å². The molecule has 34 heavy (non-hydrogen) atoms. The zero-order valence-corrected chi connectivity index (χ0v) is 19.1. The molecule has 3 amide bonds. The minimum Gasteiger partial charge on any atom is -0.326 e. The first-order chi connectivity index (χ1) is 15.8. The van der Waals surface area contributed by atoms with Crippen molar-refractivity contribution in [2.45, 2.75) is 23.1 Å². The average Bonchev–Trinajstić information content (AvgIpc) is 3.61. The van der Waals surface area contributed by atoms with Crippen LogP contribution in [0.15, 0.2) is 30.3 Å². The minimum absolute atomic E-state index is 0.0436. The summed E-state index contributed by atoms with van der Waals surface area (Å²) in [6.45, 7) is 0. The van der Waals surface area contributed by atoms with Crippen LogP contribution in [0.2, 0.25) is 5.02 Å². The quantitative estimate of drug-likeness (QED) is 0.331. The molecular weight excluding hydrogens is 525 g/mol. The van der Waals surface area contributed by atoms with Crippen LogP contribution in [0.1, 0.15) is 23.2 Å². The molecule has 2 aliphatic rings. The van der Waals surface area contributed by atoms with Crippen LogP contribution in [0.25, 0.3) is 0 Å². The third kappa shape index (κ3) is 4.94. The van der Waals surface area contributed by atoms with Gasteiger partial charge < -0.3 is 16.0 Å². The van der Waals surface area contributed by atoms with Crippen molar-refractivity contribution < 1.29 is 31.9 Å². The Morgan fingerprint density at radius 1 is 0.912 bits per heavy atom. The van der Waals surface area contributed by atoms with E-state index in [2.05, 4.69) is 10.6 Å². The van der Waals surface area contributed by atoms with Crippen molar-refractivity contribution in [1.29, 1.82) is 0 Å². The van der Waals surface area contributed by atoms with Crippen molar-refractivity contribution in [1.82, 2.24) is 0 Å². The van der Waals surface area contributed by atoms with Gasteiger partial charge in [-0.1, -0.05) is 11.6 Å². The molecule has 6 nitrogen and oxygen atoms in total. The van der Waals surface area contributed by atoms with Gasteiger partial charge in [-0.15, -0.1) is 23.2 Å². The van der Waals surface area contributed by atoms with Gasteiger partial charge in [0, 0.05) is 12.1 Å². The highest BCUT2D eigenvalue weighted by molar-refractivity contribution is 6.52. The fourth-order valence-corrected chi connectivity index (χ4v) is 3.88. The van der Waals surface area contributed by atoms with E-state index in [9.17, 15) is 31.9 Å². The maximum atomic E-state index is 14.8. The summed E-state index contributed by atoms with van der Waals surface area (Å²) in [7, 11) is 0. The predicted molar refractivity (Wildman–Crippen MR) is 119 cm³/mol. The molecule has 0 aromatic heterocycles. The summed E-state index contributed by atoms with van der Waals surface area (Å²) in [6.07, 6.45) is -0.453. The molecule has 2 atom stereocenters. The Labute approximate surface area is 204 Å². The van der Waals surface area contributed by atoms with Crippen LogP contribution in [0.5, 0.6) is 0 Å². The van der Waals surface area contributed by atoms with E-state index < -0.39 is 69.2 Å². The number of amides is 3. The number of anilines is 3. The highest BCUT2D eigenvalue weighted by Crippen LogP contribution is 2.53. The van der Waals surface area contributed by atoms with Crippen LogP contribution in [-0.4, -0.2) is 28.0 Å². The van der Waals surface area contributed by atoms with Gasteiger partial charge in [-0.3, -0.25) is 14.4 Å². The summed E-state index contributed by atoms with van der Waals surface area (Å²) < 4.78 is 53.8. The van der Waals surface area contributed by atoms with Gasteiger partial charge in [-0.25, -0.2) is 17.6 Å². The second kappa shape index (κ2) is 8.58. The van der Waals surface area contributed by atoms with Crippen molar-refractivity contribution in [2.24, 2.45) is 11.8 Å². The second-order valence-corrected chi connectivity index (χ2v) is 9.90. The molecule has 0 spiro atoms. The van der Waals surface area contributed by atoms with Crippen LogP contribution in [0, 0.1) is 23.5 Å². The summed E-state index contributed by atoms with van der Waals surface area (Å²) in [4.78, 5) is 36.7. The number of carbonyl (C=O) groups excluding carboxylic acids is 3. The maximum Gasteiger partial charge on any atom is 0.260 e. The zero-order chi connectivity index (χ0) is 25.0. The Balaban J connectivity index is 1.50. The molecule has 2 aromatic rings. The third-order valence-corrected chi connectivity index (χ3v) is 6.52. The van der Waals surface area contributed by atoms with Gasteiger partial charge in [0.05, 0.1) is 22.2 Å². The van der Waals surface area contributed by atoms with Gasteiger partial charge in [-0.2, -0.15) is 0 Å². The van der Waals surface area contributed by atoms with Gasteiger partial charge in [0.2, 0.25) is 11.8 Å². The second-order valence-electron chi connectivity index (χ2n) is 7.95. The first-order valence-electron chi connectivity index (χ1n) is 9.76. The van der Waals surface area contributed by atoms with Gasteiger partial charge in [-0.05, 0) is 36.8 Å². The van der Waals surface area contributed by atoms with Crippen molar-refractivity contribution >= 4 is 69.6 Å². The van der Waals surface area contributed by atoms with Crippen molar-refractivity contribution in [3.63, 3.8) is 0 Å². The van der Waals surface area contributed by atoms with E-state index in [4.69, 9.17) is 34.8 Å². The van der Waals surface area contributed by atoms with Gasteiger partial charge in [0.15, 0.2) is 5.82 Å². The Morgan fingerprint density at radius 2 is 1.53 bits per heavy atom. The average molecular weight is 539 g/mol. The maximum absolute atomic E-state index is 14.8. The summed E-state index contributed by atoms with van der Waals surface area (Å²) in [5, 5.41) is 6.47. The fraction of sp³-hybridized carbons (Fsp3) is 0.286. The lowest BCUT2D eigenvalue weighted by Gasteiger charge is -2.13. The Hall–Kier alpha value is -2.56. The molecular formula is C21H14Cl3F4N3O3. The van der Waals surface area contributed by atoms with Crippen molar-refractivity contribution in [3.05, 3.63) is 52.6 Å². The first kappa shape index (κ1) is 24.6. The normalized spacial score (nSPS) is 21.4. The Morgan fingerprint density at radius 3 is 2.12 bits per heavy atom. The lowest BCUT2D eigenvalue weighted by atomic mass is 10.1. The summed E-state index contributed by atoms with van der Waals surface area (Å²) >= 11 is 17.8. The molecule has 0 saturated heterocycles. The van der Waals surface area contributed by atoms with Gasteiger partial charge in [0.25, 0.3) is 11.8 Å². The molecule has 2 saturated carbocycles. The minimum atomic E-state index is -3.23.